The van der Waals surface area contributed by atoms with Crippen molar-refractivity contribution in [2.75, 3.05) is 31.4 Å². The molecule has 1 fully saturated rings. The number of ether oxygens (including phenoxy) is 1. The maximum Gasteiger partial charge on any atom is 0.211 e. The van der Waals surface area contributed by atoms with Gasteiger partial charge in [0.2, 0.25) is 10.0 Å². The van der Waals surface area contributed by atoms with Crippen LogP contribution in [0.5, 0.6) is 0 Å². The van der Waals surface area contributed by atoms with E-state index >= 15 is 0 Å². The van der Waals surface area contributed by atoms with Gasteiger partial charge in [-0.1, -0.05) is 0 Å². The van der Waals surface area contributed by atoms with Crippen molar-refractivity contribution in [2.45, 2.75) is 12.8 Å². The van der Waals surface area contributed by atoms with Gasteiger partial charge in [0, 0.05) is 12.4 Å². The summed E-state index contributed by atoms with van der Waals surface area (Å²) in [4.78, 5) is 0. The first-order valence-corrected chi connectivity index (χ1v) is 6.94. The van der Waals surface area contributed by atoms with Gasteiger partial charge in [-0.2, -0.15) is 0 Å². The van der Waals surface area contributed by atoms with E-state index < -0.39 is 10.0 Å². The SMILES string of the molecule is O=S(=O)(CC1CC1)NCCOCCCl. The fourth-order valence-corrected chi connectivity index (χ4v) is 2.65. The van der Waals surface area contributed by atoms with Crippen LogP contribution in [0.3, 0.4) is 0 Å². The minimum Gasteiger partial charge on any atom is -0.379 e. The van der Waals surface area contributed by atoms with Crippen molar-refractivity contribution in [1.29, 1.82) is 0 Å². The monoisotopic (exact) mass is 241 g/mol. The molecule has 0 atom stereocenters. The highest BCUT2D eigenvalue weighted by Crippen LogP contribution is 2.29. The summed E-state index contributed by atoms with van der Waals surface area (Å²) in [6.07, 6.45) is 2.09. The van der Waals surface area contributed by atoms with E-state index in [-0.39, 0.29) is 5.75 Å². The molecule has 0 spiro atoms. The summed E-state index contributed by atoms with van der Waals surface area (Å²) >= 11 is 5.38. The van der Waals surface area contributed by atoms with Crippen LogP contribution < -0.4 is 4.72 Å². The first kappa shape index (κ1) is 12.2. The van der Waals surface area contributed by atoms with Crippen molar-refractivity contribution >= 4 is 21.6 Å². The number of halogens is 1. The van der Waals surface area contributed by atoms with E-state index in [0.717, 1.165) is 12.8 Å². The van der Waals surface area contributed by atoms with E-state index in [4.69, 9.17) is 16.3 Å². The van der Waals surface area contributed by atoms with E-state index in [1.54, 1.807) is 0 Å². The molecule has 1 aliphatic carbocycles. The molecular formula is C8H16ClNO3S. The molecule has 0 aromatic heterocycles. The maximum absolute atomic E-state index is 11.3. The smallest absolute Gasteiger partial charge is 0.211 e. The van der Waals surface area contributed by atoms with Crippen LogP contribution in [0, 0.1) is 5.92 Å². The minimum absolute atomic E-state index is 0.266. The van der Waals surface area contributed by atoms with Crippen LogP contribution in [0.4, 0.5) is 0 Å². The van der Waals surface area contributed by atoms with E-state index in [0.29, 0.717) is 31.6 Å². The van der Waals surface area contributed by atoms with Crippen molar-refractivity contribution < 1.29 is 13.2 Å². The Morgan fingerprint density at radius 2 is 2.07 bits per heavy atom. The highest BCUT2D eigenvalue weighted by Gasteiger charge is 2.27. The van der Waals surface area contributed by atoms with Gasteiger partial charge in [0.25, 0.3) is 0 Å². The number of hydrogen-bond acceptors (Lipinski definition) is 3. The van der Waals surface area contributed by atoms with Gasteiger partial charge in [0.1, 0.15) is 0 Å². The first-order chi connectivity index (χ1) is 6.64. The van der Waals surface area contributed by atoms with Gasteiger partial charge >= 0.3 is 0 Å². The number of sulfonamides is 1. The molecule has 1 N–H and O–H groups in total. The molecular weight excluding hydrogens is 226 g/mol. The Kier molecular flexibility index (Phi) is 5.15. The van der Waals surface area contributed by atoms with Crippen molar-refractivity contribution in [3.63, 3.8) is 0 Å². The Hall–Kier alpha value is 0.160. The quantitative estimate of drug-likeness (QED) is 0.499. The Balaban J connectivity index is 2.03. The van der Waals surface area contributed by atoms with Crippen molar-refractivity contribution in [3.8, 4) is 0 Å². The number of hydrogen-bond donors (Lipinski definition) is 1. The van der Waals surface area contributed by atoms with Crippen LogP contribution in [-0.4, -0.2) is 39.8 Å². The third kappa shape index (κ3) is 5.80. The molecule has 0 unspecified atom stereocenters. The molecule has 0 bridgehead atoms. The van der Waals surface area contributed by atoms with Gasteiger partial charge in [-0.25, -0.2) is 13.1 Å². The van der Waals surface area contributed by atoms with E-state index in [1.165, 1.54) is 0 Å². The zero-order valence-electron chi connectivity index (χ0n) is 8.04. The van der Waals surface area contributed by atoms with Gasteiger partial charge in [0.15, 0.2) is 0 Å². The Morgan fingerprint density at radius 3 is 2.64 bits per heavy atom. The second kappa shape index (κ2) is 5.90. The lowest BCUT2D eigenvalue weighted by molar-refractivity contribution is 0.155. The lowest BCUT2D eigenvalue weighted by atomic mass is 10.5. The third-order valence-electron chi connectivity index (χ3n) is 1.94. The second-order valence-corrected chi connectivity index (χ2v) is 5.65. The average Bonchev–Trinajstić information content (AvgIpc) is 2.87. The van der Waals surface area contributed by atoms with Crippen molar-refractivity contribution in [3.05, 3.63) is 0 Å². The van der Waals surface area contributed by atoms with Gasteiger partial charge in [-0.15, -0.1) is 11.6 Å². The summed E-state index contributed by atoms with van der Waals surface area (Å²) in [5, 5.41) is 0. The van der Waals surface area contributed by atoms with Crippen LogP contribution >= 0.6 is 11.6 Å². The summed E-state index contributed by atoms with van der Waals surface area (Å²) in [6.45, 7) is 1.19. The average molecular weight is 242 g/mol. The molecule has 0 aromatic rings. The highest BCUT2D eigenvalue weighted by atomic mass is 35.5. The summed E-state index contributed by atoms with van der Waals surface area (Å²) in [7, 11) is -3.07. The topological polar surface area (TPSA) is 55.4 Å². The molecule has 84 valence electrons. The summed E-state index contributed by atoms with van der Waals surface area (Å²) in [5.41, 5.74) is 0. The third-order valence-corrected chi connectivity index (χ3v) is 3.65. The summed E-state index contributed by atoms with van der Waals surface area (Å²) in [6, 6.07) is 0. The highest BCUT2D eigenvalue weighted by molar-refractivity contribution is 7.89. The molecule has 6 heteroatoms. The lowest BCUT2D eigenvalue weighted by Crippen LogP contribution is -2.30. The molecule has 0 amide bonds. The fraction of sp³-hybridized carbons (Fsp3) is 1.00. The molecule has 1 saturated carbocycles. The van der Waals surface area contributed by atoms with Crippen molar-refractivity contribution in [2.24, 2.45) is 5.92 Å². The van der Waals surface area contributed by atoms with Crippen LogP contribution in [0.1, 0.15) is 12.8 Å². The Bertz CT molecular complexity index is 251. The second-order valence-electron chi connectivity index (χ2n) is 3.42. The van der Waals surface area contributed by atoms with E-state index in [1.807, 2.05) is 0 Å². The fourth-order valence-electron chi connectivity index (χ4n) is 1.08. The predicted octanol–water partition coefficient (Wildman–Crippen LogP) is 0.571. The van der Waals surface area contributed by atoms with Gasteiger partial charge in [-0.05, 0) is 18.8 Å². The Morgan fingerprint density at radius 1 is 1.36 bits per heavy atom. The largest absolute Gasteiger partial charge is 0.379 e. The summed E-state index contributed by atoms with van der Waals surface area (Å²) in [5.74, 6) is 1.09. The number of rotatable bonds is 8. The molecule has 0 saturated heterocycles. The normalized spacial score (nSPS) is 17.2. The molecule has 0 aromatic carbocycles. The van der Waals surface area contributed by atoms with Crippen LogP contribution in [-0.2, 0) is 14.8 Å². The van der Waals surface area contributed by atoms with Crippen LogP contribution in [0.2, 0.25) is 0 Å². The minimum atomic E-state index is -3.07. The molecule has 1 rings (SSSR count). The Labute approximate surface area is 90.0 Å². The van der Waals surface area contributed by atoms with E-state index in [9.17, 15) is 8.42 Å². The lowest BCUT2D eigenvalue weighted by Gasteiger charge is -2.05. The van der Waals surface area contributed by atoms with Crippen LogP contribution in [0.15, 0.2) is 0 Å². The van der Waals surface area contributed by atoms with Crippen molar-refractivity contribution in [1.82, 2.24) is 4.72 Å². The standard InChI is InChI=1S/C8H16ClNO3S/c9-3-5-13-6-4-10-14(11,12)7-8-1-2-8/h8,10H,1-7H2. The molecule has 4 nitrogen and oxygen atoms in total. The van der Waals surface area contributed by atoms with Gasteiger partial charge < -0.3 is 4.74 Å². The molecule has 0 heterocycles. The zero-order valence-corrected chi connectivity index (χ0v) is 9.61. The van der Waals surface area contributed by atoms with Gasteiger partial charge in [0.05, 0.1) is 19.0 Å². The predicted molar refractivity (Wildman–Crippen MR) is 56.1 cm³/mol. The first-order valence-electron chi connectivity index (χ1n) is 4.75. The summed E-state index contributed by atoms with van der Waals surface area (Å²) < 4.78 is 30.2. The van der Waals surface area contributed by atoms with Crippen LogP contribution in [0.25, 0.3) is 0 Å². The molecule has 0 aliphatic heterocycles. The number of nitrogens with one attached hydrogen (secondary N) is 1. The zero-order chi connectivity index (χ0) is 10.4. The molecule has 0 radical (unpaired) electrons. The van der Waals surface area contributed by atoms with E-state index in [2.05, 4.69) is 4.72 Å². The maximum atomic E-state index is 11.3. The number of alkyl halides is 1. The molecule has 14 heavy (non-hydrogen) atoms. The molecule has 1 aliphatic rings. The van der Waals surface area contributed by atoms with Gasteiger partial charge in [-0.3, -0.25) is 0 Å².